The predicted molar refractivity (Wildman–Crippen MR) is 48.4 cm³/mol. The Morgan fingerprint density at radius 2 is 1.61 bits per heavy atom. The normalized spacial score (nSPS) is 12.4. The van der Waals surface area contributed by atoms with E-state index in [0.29, 0.717) is 6.07 Å². The van der Waals surface area contributed by atoms with Crippen molar-refractivity contribution in [3.8, 4) is 5.75 Å². The van der Waals surface area contributed by atoms with Crippen molar-refractivity contribution in [3.63, 3.8) is 0 Å². The van der Waals surface area contributed by atoms with Crippen molar-refractivity contribution in [2.24, 2.45) is 0 Å². The molecule has 1 aromatic rings. The summed E-state index contributed by atoms with van der Waals surface area (Å²) in [5.74, 6) is -1.13. The van der Waals surface area contributed by atoms with Gasteiger partial charge in [-0.3, -0.25) is 4.79 Å². The number of hydrogen-bond donors (Lipinski definition) is 0. The number of rotatable bonds is 2. The van der Waals surface area contributed by atoms with Gasteiger partial charge in [-0.05, 0) is 12.1 Å². The molecule has 0 saturated carbocycles. The van der Waals surface area contributed by atoms with Gasteiger partial charge in [0, 0.05) is 0 Å². The van der Waals surface area contributed by atoms with Crippen molar-refractivity contribution in [1.82, 2.24) is 0 Å². The SMILES string of the molecule is COc1c(C=O)ccc(C(F)(F)F)c1C(F)(F)F. The van der Waals surface area contributed by atoms with Crippen LogP contribution in [0.1, 0.15) is 21.5 Å². The average Bonchev–Trinajstić information content (AvgIpc) is 2.24. The predicted octanol–water partition coefficient (Wildman–Crippen LogP) is 3.55. The minimum atomic E-state index is -5.28. The molecule has 0 atom stereocenters. The first-order valence-corrected chi connectivity index (χ1v) is 4.43. The average molecular weight is 272 g/mol. The van der Waals surface area contributed by atoms with Gasteiger partial charge in [-0.25, -0.2) is 0 Å². The van der Waals surface area contributed by atoms with Gasteiger partial charge in [0.25, 0.3) is 0 Å². The van der Waals surface area contributed by atoms with Crippen LogP contribution in [0, 0.1) is 0 Å². The molecule has 0 aliphatic heterocycles. The highest BCUT2D eigenvalue weighted by Crippen LogP contribution is 2.45. The second-order valence-electron chi connectivity index (χ2n) is 3.22. The van der Waals surface area contributed by atoms with Crippen LogP contribution in [-0.2, 0) is 12.4 Å². The number of ether oxygens (including phenoxy) is 1. The van der Waals surface area contributed by atoms with E-state index in [2.05, 4.69) is 4.74 Å². The third kappa shape index (κ3) is 2.57. The third-order valence-electron chi connectivity index (χ3n) is 2.11. The van der Waals surface area contributed by atoms with Gasteiger partial charge >= 0.3 is 12.4 Å². The number of hydrogen-bond acceptors (Lipinski definition) is 2. The molecule has 0 saturated heterocycles. The number of halogens is 6. The molecule has 0 N–H and O–H groups in total. The maximum atomic E-state index is 12.6. The molecule has 0 aliphatic carbocycles. The zero-order valence-electron chi connectivity index (χ0n) is 8.82. The maximum absolute atomic E-state index is 12.6. The van der Waals surface area contributed by atoms with E-state index in [4.69, 9.17) is 0 Å². The Bertz CT molecular complexity index is 461. The molecule has 18 heavy (non-hydrogen) atoms. The van der Waals surface area contributed by atoms with E-state index in [0.717, 1.165) is 7.11 Å². The zero-order valence-corrected chi connectivity index (χ0v) is 8.82. The van der Waals surface area contributed by atoms with E-state index < -0.39 is 34.8 Å². The summed E-state index contributed by atoms with van der Waals surface area (Å²) in [6.07, 6.45) is -10.5. The van der Waals surface area contributed by atoms with Crippen molar-refractivity contribution in [2.45, 2.75) is 12.4 Å². The molecule has 100 valence electrons. The van der Waals surface area contributed by atoms with Gasteiger partial charge < -0.3 is 4.74 Å². The summed E-state index contributed by atoms with van der Waals surface area (Å²) in [6.45, 7) is 0. The van der Waals surface area contributed by atoms with Crippen LogP contribution in [0.25, 0.3) is 0 Å². The highest BCUT2D eigenvalue weighted by atomic mass is 19.4. The summed E-state index contributed by atoms with van der Waals surface area (Å²) >= 11 is 0. The lowest BCUT2D eigenvalue weighted by Gasteiger charge is -2.19. The molecule has 1 rings (SSSR count). The summed E-state index contributed by atoms with van der Waals surface area (Å²) in [5, 5.41) is 0. The van der Waals surface area contributed by atoms with E-state index in [1.54, 1.807) is 0 Å². The van der Waals surface area contributed by atoms with Gasteiger partial charge in [-0.15, -0.1) is 0 Å². The molecule has 0 heterocycles. The van der Waals surface area contributed by atoms with E-state index in [9.17, 15) is 31.1 Å². The molecular formula is C10H6F6O2. The first kappa shape index (κ1) is 14.3. The topological polar surface area (TPSA) is 26.3 Å². The Balaban J connectivity index is 3.71. The minimum absolute atomic E-state index is 0.00573. The molecule has 0 fully saturated rings. The Labute approximate surface area is 97.2 Å². The van der Waals surface area contributed by atoms with E-state index in [1.807, 2.05) is 0 Å². The van der Waals surface area contributed by atoms with Crippen LogP contribution in [0.4, 0.5) is 26.3 Å². The Hall–Kier alpha value is -1.73. The van der Waals surface area contributed by atoms with Crippen molar-refractivity contribution in [1.29, 1.82) is 0 Å². The van der Waals surface area contributed by atoms with Crippen LogP contribution in [0.15, 0.2) is 12.1 Å². The van der Waals surface area contributed by atoms with Gasteiger partial charge in [0.15, 0.2) is 6.29 Å². The highest BCUT2D eigenvalue weighted by Gasteiger charge is 2.46. The van der Waals surface area contributed by atoms with Crippen molar-refractivity contribution >= 4 is 6.29 Å². The van der Waals surface area contributed by atoms with Gasteiger partial charge in [0.1, 0.15) is 11.3 Å². The summed E-state index contributed by atoms with van der Waals surface area (Å²) in [7, 11) is 0.762. The lowest BCUT2D eigenvalue weighted by atomic mass is 10.0. The van der Waals surface area contributed by atoms with Crippen molar-refractivity contribution in [3.05, 3.63) is 28.8 Å². The standard InChI is InChI=1S/C10H6F6O2/c1-18-8-5(4-17)2-3-6(9(11,12)13)7(8)10(14,15)16/h2-4H,1H3. The van der Waals surface area contributed by atoms with Crippen molar-refractivity contribution < 1.29 is 35.9 Å². The molecule has 0 radical (unpaired) electrons. The first-order chi connectivity index (χ1) is 8.12. The number of alkyl halides is 6. The van der Waals surface area contributed by atoms with Crippen LogP contribution < -0.4 is 4.74 Å². The second kappa shape index (κ2) is 4.51. The number of aldehydes is 1. The van der Waals surface area contributed by atoms with E-state index in [-0.39, 0.29) is 12.4 Å². The molecule has 0 aromatic heterocycles. The molecular weight excluding hydrogens is 266 g/mol. The molecule has 2 nitrogen and oxygen atoms in total. The van der Waals surface area contributed by atoms with Crippen LogP contribution in [-0.4, -0.2) is 13.4 Å². The van der Waals surface area contributed by atoms with Gasteiger partial charge in [0.05, 0.1) is 18.2 Å². The largest absolute Gasteiger partial charge is 0.495 e. The molecule has 0 unspecified atom stereocenters. The lowest BCUT2D eigenvalue weighted by Crippen LogP contribution is -2.18. The van der Waals surface area contributed by atoms with Crippen molar-refractivity contribution in [2.75, 3.05) is 7.11 Å². The number of benzene rings is 1. The Kier molecular flexibility index (Phi) is 3.59. The van der Waals surface area contributed by atoms with Crippen LogP contribution in [0.3, 0.4) is 0 Å². The molecule has 8 heteroatoms. The van der Waals surface area contributed by atoms with Crippen LogP contribution in [0.5, 0.6) is 5.75 Å². The van der Waals surface area contributed by atoms with E-state index in [1.165, 1.54) is 0 Å². The third-order valence-corrected chi connectivity index (χ3v) is 2.11. The number of methoxy groups -OCH3 is 1. The smallest absolute Gasteiger partial charge is 0.420 e. The fourth-order valence-corrected chi connectivity index (χ4v) is 1.43. The van der Waals surface area contributed by atoms with Gasteiger partial charge in [-0.1, -0.05) is 0 Å². The minimum Gasteiger partial charge on any atom is -0.495 e. The summed E-state index contributed by atoms with van der Waals surface area (Å²) in [5.41, 5.74) is -4.49. The zero-order chi connectivity index (χ0) is 14.1. The molecule has 0 spiro atoms. The quantitative estimate of drug-likeness (QED) is 0.608. The highest BCUT2D eigenvalue weighted by molar-refractivity contribution is 5.81. The monoisotopic (exact) mass is 272 g/mol. The summed E-state index contributed by atoms with van der Waals surface area (Å²) in [4.78, 5) is 10.5. The molecule has 1 aromatic carbocycles. The molecule has 0 amide bonds. The Morgan fingerprint density at radius 1 is 1.06 bits per heavy atom. The Morgan fingerprint density at radius 3 is 1.94 bits per heavy atom. The fourth-order valence-electron chi connectivity index (χ4n) is 1.43. The summed E-state index contributed by atoms with van der Waals surface area (Å²) in [6, 6.07) is 0.832. The molecule has 0 bridgehead atoms. The van der Waals surface area contributed by atoms with Crippen LogP contribution >= 0.6 is 0 Å². The maximum Gasteiger partial charge on any atom is 0.420 e. The molecule has 0 aliphatic rings. The van der Waals surface area contributed by atoms with Crippen LogP contribution in [0.2, 0.25) is 0 Å². The van der Waals surface area contributed by atoms with Gasteiger partial charge in [0.2, 0.25) is 0 Å². The second-order valence-corrected chi connectivity index (χ2v) is 3.22. The fraction of sp³-hybridized carbons (Fsp3) is 0.300. The number of carbonyl (C=O) groups excluding carboxylic acids is 1. The van der Waals surface area contributed by atoms with E-state index >= 15 is 0 Å². The number of carbonyl (C=O) groups is 1. The lowest BCUT2D eigenvalue weighted by molar-refractivity contribution is -0.162. The first-order valence-electron chi connectivity index (χ1n) is 4.43. The summed E-state index contributed by atoms with van der Waals surface area (Å²) < 4.78 is 79.7. The van der Waals surface area contributed by atoms with Gasteiger partial charge in [-0.2, -0.15) is 26.3 Å².